The minimum atomic E-state index is -4.21. The van der Waals surface area contributed by atoms with Gasteiger partial charge >= 0.3 is 0 Å². The van der Waals surface area contributed by atoms with Crippen LogP contribution in [0.5, 0.6) is 0 Å². The largest absolute Gasteiger partial charge is 0.398 e. The fourth-order valence-electron chi connectivity index (χ4n) is 1.62. The van der Waals surface area contributed by atoms with E-state index >= 15 is 0 Å². The van der Waals surface area contributed by atoms with Crippen molar-refractivity contribution in [2.45, 2.75) is 11.8 Å². The zero-order valence-electron chi connectivity index (χ0n) is 10.8. The molecular weight excluding hydrogens is 322 g/mol. The third kappa shape index (κ3) is 3.08. The second-order valence-corrected chi connectivity index (χ2v) is 6.41. The summed E-state index contributed by atoms with van der Waals surface area (Å²) in [5.41, 5.74) is 5.57. The Labute approximate surface area is 125 Å². The van der Waals surface area contributed by atoms with E-state index in [0.717, 1.165) is 24.3 Å². The highest BCUT2D eigenvalue weighted by molar-refractivity contribution is 7.92. The topological polar surface area (TPSA) is 72.2 Å². The Balaban J connectivity index is 2.49. The molecule has 3 N–H and O–H groups in total. The lowest BCUT2D eigenvalue weighted by atomic mass is 10.2. The Kier molecular flexibility index (Phi) is 4.06. The molecule has 0 fully saturated rings. The zero-order chi connectivity index (χ0) is 15.8. The van der Waals surface area contributed by atoms with Crippen LogP contribution in [0, 0.1) is 18.6 Å². The molecule has 0 atom stereocenters. The van der Waals surface area contributed by atoms with Gasteiger partial charge in [0.2, 0.25) is 0 Å². The van der Waals surface area contributed by atoms with E-state index in [1.54, 1.807) is 6.92 Å². The summed E-state index contributed by atoms with van der Waals surface area (Å²) in [4.78, 5) is -0.279. The number of hydrogen-bond donors (Lipinski definition) is 2. The number of nitrogens with two attached hydrogens (primary N) is 1. The molecule has 0 aliphatic heterocycles. The van der Waals surface area contributed by atoms with Gasteiger partial charge in [0.1, 0.15) is 17.3 Å². The number of benzene rings is 2. The summed E-state index contributed by atoms with van der Waals surface area (Å²) in [6.45, 7) is 1.62. The van der Waals surface area contributed by atoms with Crippen LogP contribution >= 0.6 is 11.6 Å². The predicted molar refractivity (Wildman–Crippen MR) is 77.8 cm³/mol. The summed E-state index contributed by atoms with van der Waals surface area (Å²) in [7, 11) is -4.21. The average Bonchev–Trinajstić information content (AvgIpc) is 2.40. The summed E-state index contributed by atoms with van der Waals surface area (Å²) in [6.07, 6.45) is 0. The molecular formula is C13H11ClF2N2O2S. The van der Waals surface area contributed by atoms with E-state index in [4.69, 9.17) is 17.3 Å². The Bertz CT molecular complexity index is 767. The molecule has 0 saturated heterocycles. The molecule has 2 aromatic carbocycles. The number of nitrogen functional groups attached to an aromatic ring is 1. The first-order valence-electron chi connectivity index (χ1n) is 5.75. The SMILES string of the molecule is Cc1c(N)cc(S(=O)(=O)Nc2c(F)cccc2F)cc1Cl. The molecule has 112 valence electrons. The molecule has 0 spiro atoms. The number of rotatable bonds is 3. The van der Waals surface area contributed by atoms with Gasteiger partial charge in [-0.15, -0.1) is 0 Å². The maximum atomic E-state index is 13.5. The van der Waals surface area contributed by atoms with E-state index in [0.29, 0.717) is 5.56 Å². The Morgan fingerprint density at radius 1 is 1.19 bits per heavy atom. The molecule has 21 heavy (non-hydrogen) atoms. The lowest BCUT2D eigenvalue weighted by molar-refractivity contribution is 0.583. The monoisotopic (exact) mass is 332 g/mol. The van der Waals surface area contributed by atoms with Crippen LogP contribution in [0.15, 0.2) is 35.2 Å². The predicted octanol–water partition coefficient (Wildman–Crippen LogP) is 3.31. The third-order valence-electron chi connectivity index (χ3n) is 2.87. The summed E-state index contributed by atoms with van der Waals surface area (Å²) < 4.78 is 53.2. The van der Waals surface area contributed by atoms with Crippen molar-refractivity contribution >= 4 is 33.0 Å². The van der Waals surface area contributed by atoms with Gasteiger partial charge in [0, 0.05) is 10.7 Å². The van der Waals surface area contributed by atoms with Crippen LogP contribution in [-0.4, -0.2) is 8.42 Å². The number of para-hydroxylation sites is 1. The van der Waals surface area contributed by atoms with Crippen LogP contribution in [-0.2, 0) is 10.0 Å². The molecule has 0 aromatic heterocycles. The number of halogens is 3. The molecule has 0 heterocycles. The van der Waals surface area contributed by atoms with Crippen LogP contribution in [0.1, 0.15) is 5.56 Å². The van der Waals surface area contributed by atoms with Gasteiger partial charge in [-0.05, 0) is 36.8 Å². The molecule has 0 aliphatic carbocycles. The smallest absolute Gasteiger partial charge is 0.262 e. The molecule has 0 bridgehead atoms. The van der Waals surface area contributed by atoms with Gasteiger partial charge in [-0.1, -0.05) is 17.7 Å². The van der Waals surface area contributed by atoms with Gasteiger partial charge in [-0.3, -0.25) is 4.72 Å². The second-order valence-electron chi connectivity index (χ2n) is 4.32. The van der Waals surface area contributed by atoms with E-state index < -0.39 is 27.3 Å². The molecule has 0 saturated carbocycles. The minimum Gasteiger partial charge on any atom is -0.398 e. The summed E-state index contributed by atoms with van der Waals surface area (Å²) in [5, 5.41) is 0.143. The summed E-state index contributed by atoms with van der Waals surface area (Å²) in [6, 6.07) is 5.34. The van der Waals surface area contributed by atoms with Gasteiger partial charge in [0.25, 0.3) is 10.0 Å². The average molecular weight is 333 g/mol. The maximum absolute atomic E-state index is 13.5. The lowest BCUT2D eigenvalue weighted by Crippen LogP contribution is -2.15. The van der Waals surface area contributed by atoms with Crippen molar-refractivity contribution in [1.29, 1.82) is 0 Å². The minimum absolute atomic E-state index is 0.143. The van der Waals surface area contributed by atoms with Crippen LogP contribution in [0.2, 0.25) is 5.02 Å². The fraction of sp³-hybridized carbons (Fsp3) is 0.0769. The highest BCUT2D eigenvalue weighted by Gasteiger charge is 2.20. The van der Waals surface area contributed by atoms with Crippen LogP contribution in [0.25, 0.3) is 0 Å². The van der Waals surface area contributed by atoms with Gasteiger partial charge in [0.15, 0.2) is 0 Å². The maximum Gasteiger partial charge on any atom is 0.262 e. The van der Waals surface area contributed by atoms with Crippen LogP contribution in [0.3, 0.4) is 0 Å². The first kappa shape index (κ1) is 15.5. The molecule has 2 rings (SSSR count). The summed E-state index contributed by atoms with van der Waals surface area (Å²) >= 11 is 5.87. The first-order valence-corrected chi connectivity index (χ1v) is 7.61. The van der Waals surface area contributed by atoms with Gasteiger partial charge in [-0.2, -0.15) is 0 Å². The van der Waals surface area contributed by atoms with Crippen molar-refractivity contribution in [1.82, 2.24) is 0 Å². The normalized spacial score (nSPS) is 11.4. The summed E-state index contributed by atoms with van der Waals surface area (Å²) in [5.74, 6) is -2.05. The number of anilines is 2. The molecule has 4 nitrogen and oxygen atoms in total. The first-order chi connectivity index (χ1) is 9.72. The Hall–Kier alpha value is -1.86. The van der Waals surface area contributed by atoms with Crippen molar-refractivity contribution in [3.05, 3.63) is 52.6 Å². The molecule has 0 radical (unpaired) electrons. The van der Waals surface area contributed by atoms with E-state index in [1.807, 2.05) is 4.72 Å². The standard InChI is InChI=1S/C13H11ClF2N2O2S/c1-7-9(14)5-8(6-12(7)17)21(19,20)18-13-10(15)3-2-4-11(13)16/h2-6,18H,17H2,1H3. The second kappa shape index (κ2) is 5.50. The van der Waals surface area contributed by atoms with E-state index in [1.165, 1.54) is 6.07 Å². The van der Waals surface area contributed by atoms with E-state index in [9.17, 15) is 17.2 Å². The van der Waals surface area contributed by atoms with Crippen molar-refractivity contribution in [3.63, 3.8) is 0 Å². The van der Waals surface area contributed by atoms with E-state index in [2.05, 4.69) is 0 Å². The fourth-order valence-corrected chi connectivity index (χ4v) is 3.05. The van der Waals surface area contributed by atoms with Gasteiger partial charge in [0.05, 0.1) is 4.90 Å². The highest BCUT2D eigenvalue weighted by atomic mass is 35.5. The molecule has 0 unspecified atom stereocenters. The lowest BCUT2D eigenvalue weighted by Gasteiger charge is -2.12. The van der Waals surface area contributed by atoms with Crippen molar-refractivity contribution in [2.24, 2.45) is 0 Å². The zero-order valence-corrected chi connectivity index (χ0v) is 12.4. The van der Waals surface area contributed by atoms with Crippen LogP contribution in [0.4, 0.5) is 20.2 Å². The van der Waals surface area contributed by atoms with Crippen molar-refractivity contribution in [3.8, 4) is 0 Å². The van der Waals surface area contributed by atoms with Crippen molar-refractivity contribution in [2.75, 3.05) is 10.5 Å². The van der Waals surface area contributed by atoms with E-state index in [-0.39, 0.29) is 15.6 Å². The molecule has 0 amide bonds. The van der Waals surface area contributed by atoms with Gasteiger partial charge in [-0.25, -0.2) is 17.2 Å². The Morgan fingerprint density at radius 3 is 2.29 bits per heavy atom. The number of sulfonamides is 1. The highest BCUT2D eigenvalue weighted by Crippen LogP contribution is 2.28. The number of nitrogens with one attached hydrogen (secondary N) is 1. The Morgan fingerprint density at radius 2 is 1.76 bits per heavy atom. The quantitative estimate of drug-likeness (QED) is 0.847. The van der Waals surface area contributed by atoms with Crippen LogP contribution < -0.4 is 10.5 Å². The van der Waals surface area contributed by atoms with Gasteiger partial charge < -0.3 is 5.73 Å². The molecule has 8 heteroatoms. The van der Waals surface area contributed by atoms with Crippen molar-refractivity contribution < 1.29 is 17.2 Å². The third-order valence-corrected chi connectivity index (χ3v) is 4.59. The number of hydrogen-bond acceptors (Lipinski definition) is 3. The molecule has 2 aromatic rings. The molecule has 0 aliphatic rings.